The molecule has 5 heteroatoms. The van der Waals surface area contributed by atoms with Gasteiger partial charge in [0, 0.05) is 43.1 Å². The molecule has 35 heavy (non-hydrogen) atoms. The third-order valence-electron chi connectivity index (χ3n) is 8.29. The number of phenols is 1. The van der Waals surface area contributed by atoms with Gasteiger partial charge in [0.2, 0.25) is 0 Å². The first-order chi connectivity index (χ1) is 16.9. The number of hydrogen-bond acceptors (Lipinski definition) is 4. The molecule has 2 N–H and O–H groups in total. The Balaban J connectivity index is 1.46. The molecule has 0 radical (unpaired) electrons. The Bertz CT molecular complexity index is 1240. The van der Waals surface area contributed by atoms with Crippen molar-refractivity contribution in [2.75, 3.05) is 26.7 Å². The molecule has 2 fully saturated rings. The van der Waals surface area contributed by atoms with Gasteiger partial charge in [-0.3, -0.25) is 9.69 Å². The molecular weight excluding hydrogens is 436 g/mol. The molecular formula is C30H34N2O3. The summed E-state index contributed by atoms with van der Waals surface area (Å²) in [6.45, 7) is 6.35. The molecule has 0 spiro atoms. The second-order valence-corrected chi connectivity index (χ2v) is 10.3. The molecule has 3 aromatic carbocycles. The number of aliphatic hydroxyl groups is 1. The average molecular weight is 471 g/mol. The van der Waals surface area contributed by atoms with Gasteiger partial charge in [-0.1, -0.05) is 48.5 Å². The molecule has 5 nitrogen and oxygen atoms in total. The Morgan fingerprint density at radius 3 is 2.71 bits per heavy atom. The van der Waals surface area contributed by atoms with Crippen LogP contribution >= 0.6 is 0 Å². The molecule has 4 unspecified atom stereocenters. The molecule has 1 heterocycles. The van der Waals surface area contributed by atoms with Crippen LogP contribution in [-0.4, -0.2) is 64.7 Å². The molecule has 1 amide bonds. The summed E-state index contributed by atoms with van der Waals surface area (Å²) in [5.74, 6) is 0.237. The zero-order valence-corrected chi connectivity index (χ0v) is 20.3. The zero-order chi connectivity index (χ0) is 24.6. The van der Waals surface area contributed by atoms with Gasteiger partial charge in [-0.2, -0.15) is 0 Å². The Hall–Kier alpha value is -3.15. The fourth-order valence-electron chi connectivity index (χ4n) is 6.40. The minimum absolute atomic E-state index is 0.0263. The van der Waals surface area contributed by atoms with Crippen LogP contribution in [0, 0.1) is 5.92 Å². The summed E-state index contributed by atoms with van der Waals surface area (Å²) in [4.78, 5) is 17.7. The minimum Gasteiger partial charge on any atom is -0.508 e. The topological polar surface area (TPSA) is 64.0 Å². The molecule has 1 aliphatic carbocycles. The average Bonchev–Trinajstić information content (AvgIpc) is 2.88. The van der Waals surface area contributed by atoms with E-state index in [1.54, 1.807) is 6.07 Å². The fraction of sp³-hybridized carbons (Fsp3) is 0.367. The van der Waals surface area contributed by atoms with Gasteiger partial charge in [-0.25, -0.2) is 0 Å². The molecule has 0 aromatic heterocycles. The van der Waals surface area contributed by atoms with Crippen LogP contribution in [0.15, 0.2) is 79.4 Å². The number of carbonyl (C=O) groups excluding carboxylic acids is 1. The van der Waals surface area contributed by atoms with Crippen molar-refractivity contribution < 1.29 is 15.0 Å². The molecule has 2 aliphatic rings. The van der Waals surface area contributed by atoms with Gasteiger partial charge in [0.05, 0.1) is 6.10 Å². The summed E-state index contributed by atoms with van der Waals surface area (Å²) in [5.41, 5.74) is 1.41. The zero-order valence-electron chi connectivity index (χ0n) is 20.3. The van der Waals surface area contributed by atoms with E-state index < -0.39 is 6.10 Å². The van der Waals surface area contributed by atoms with E-state index in [0.717, 1.165) is 48.8 Å². The van der Waals surface area contributed by atoms with Gasteiger partial charge in [-0.05, 0) is 66.4 Å². The van der Waals surface area contributed by atoms with Gasteiger partial charge >= 0.3 is 0 Å². The predicted octanol–water partition coefficient (Wildman–Crippen LogP) is 4.59. The molecule has 0 bridgehead atoms. The van der Waals surface area contributed by atoms with Crippen molar-refractivity contribution in [2.24, 2.45) is 5.92 Å². The van der Waals surface area contributed by atoms with Crippen molar-refractivity contribution in [1.82, 2.24) is 9.80 Å². The van der Waals surface area contributed by atoms with Crippen LogP contribution in [-0.2, 0) is 5.41 Å². The summed E-state index contributed by atoms with van der Waals surface area (Å²) < 4.78 is 0. The number of benzene rings is 3. The number of aliphatic hydroxyl groups excluding tert-OH is 1. The van der Waals surface area contributed by atoms with Crippen LogP contribution in [0.4, 0.5) is 0 Å². The van der Waals surface area contributed by atoms with E-state index in [1.807, 2.05) is 72.6 Å². The number of carbonyl (C=O) groups is 1. The number of fused-ring (bicyclic) bond motifs is 2. The fourth-order valence-corrected chi connectivity index (χ4v) is 6.40. The molecule has 4 atom stereocenters. The lowest BCUT2D eigenvalue weighted by Gasteiger charge is -2.56. The largest absolute Gasteiger partial charge is 0.508 e. The van der Waals surface area contributed by atoms with Crippen molar-refractivity contribution in [2.45, 2.75) is 36.8 Å². The summed E-state index contributed by atoms with van der Waals surface area (Å²) in [6, 6.07) is 21.3. The Kier molecular flexibility index (Phi) is 6.39. The second-order valence-electron chi connectivity index (χ2n) is 10.3. The summed E-state index contributed by atoms with van der Waals surface area (Å²) in [5, 5.41) is 23.9. The van der Waals surface area contributed by atoms with Crippen LogP contribution in [0.1, 0.15) is 35.2 Å². The van der Waals surface area contributed by atoms with Crippen molar-refractivity contribution in [1.29, 1.82) is 0 Å². The van der Waals surface area contributed by atoms with Crippen LogP contribution in [0.3, 0.4) is 0 Å². The van der Waals surface area contributed by atoms with Gasteiger partial charge in [0.25, 0.3) is 5.91 Å². The maximum Gasteiger partial charge on any atom is 0.253 e. The molecule has 1 aliphatic heterocycles. The van der Waals surface area contributed by atoms with Crippen LogP contribution < -0.4 is 0 Å². The quantitative estimate of drug-likeness (QED) is 0.536. The molecule has 182 valence electrons. The van der Waals surface area contributed by atoms with Crippen LogP contribution in [0.2, 0.25) is 0 Å². The van der Waals surface area contributed by atoms with E-state index >= 15 is 0 Å². The monoisotopic (exact) mass is 470 g/mol. The normalized spacial score (nSPS) is 26.7. The van der Waals surface area contributed by atoms with Gasteiger partial charge < -0.3 is 15.1 Å². The van der Waals surface area contributed by atoms with E-state index in [0.29, 0.717) is 12.0 Å². The standard InChI is InChI=1S/C30H34N2O3/c1-3-14-32-15-13-30(24-9-6-10-26(33)17-24)19-25(18-28(34)27(30)20-32)31(2)29(35)23-12-11-21-7-4-5-8-22(21)16-23/h3-12,16-17,25,27-28,33-34H,1,13-15,18-20H2,2H3. The number of hydrogen-bond donors (Lipinski definition) is 2. The van der Waals surface area contributed by atoms with Gasteiger partial charge in [0.1, 0.15) is 5.75 Å². The van der Waals surface area contributed by atoms with Crippen LogP contribution in [0.5, 0.6) is 5.75 Å². The van der Waals surface area contributed by atoms with E-state index in [2.05, 4.69) is 17.5 Å². The first kappa shape index (κ1) is 23.6. The van der Waals surface area contributed by atoms with Gasteiger partial charge in [0.15, 0.2) is 0 Å². The first-order valence-corrected chi connectivity index (χ1v) is 12.5. The summed E-state index contributed by atoms with van der Waals surface area (Å²) in [7, 11) is 1.86. The molecule has 3 aromatic rings. The number of nitrogens with zero attached hydrogens (tertiary/aromatic N) is 2. The van der Waals surface area contributed by atoms with Crippen molar-refractivity contribution >= 4 is 16.7 Å². The number of likely N-dealkylation sites (tertiary alicyclic amines) is 1. The van der Waals surface area contributed by atoms with E-state index in [1.165, 1.54) is 0 Å². The number of piperidine rings is 1. The summed E-state index contributed by atoms with van der Waals surface area (Å²) in [6.07, 6.45) is 3.53. The van der Waals surface area contributed by atoms with E-state index in [-0.39, 0.29) is 29.0 Å². The first-order valence-electron chi connectivity index (χ1n) is 12.5. The maximum atomic E-state index is 13.6. The van der Waals surface area contributed by atoms with Crippen molar-refractivity contribution in [3.63, 3.8) is 0 Å². The highest BCUT2D eigenvalue weighted by Crippen LogP contribution is 2.50. The molecule has 5 rings (SSSR count). The van der Waals surface area contributed by atoms with Gasteiger partial charge in [-0.15, -0.1) is 6.58 Å². The number of rotatable bonds is 5. The minimum atomic E-state index is -0.546. The third-order valence-corrected chi connectivity index (χ3v) is 8.29. The smallest absolute Gasteiger partial charge is 0.253 e. The third kappa shape index (κ3) is 4.35. The summed E-state index contributed by atoms with van der Waals surface area (Å²) >= 11 is 0. The van der Waals surface area contributed by atoms with Crippen LogP contribution in [0.25, 0.3) is 10.8 Å². The van der Waals surface area contributed by atoms with E-state index in [9.17, 15) is 15.0 Å². The van der Waals surface area contributed by atoms with E-state index in [4.69, 9.17) is 0 Å². The Morgan fingerprint density at radius 2 is 1.94 bits per heavy atom. The predicted molar refractivity (Wildman–Crippen MR) is 140 cm³/mol. The Labute approximate surface area is 207 Å². The highest BCUT2D eigenvalue weighted by atomic mass is 16.3. The molecule has 1 saturated heterocycles. The highest BCUT2D eigenvalue weighted by molar-refractivity contribution is 5.98. The maximum absolute atomic E-state index is 13.6. The highest BCUT2D eigenvalue weighted by Gasteiger charge is 2.52. The molecule has 1 saturated carbocycles. The SMILES string of the molecule is C=CCN1CCC2(c3cccc(O)c3)CC(N(C)C(=O)c3ccc4ccccc4c3)CC(O)C2C1. The Morgan fingerprint density at radius 1 is 1.14 bits per heavy atom. The lowest BCUT2D eigenvalue weighted by atomic mass is 9.56. The number of amides is 1. The second kappa shape index (κ2) is 9.48. The van der Waals surface area contributed by atoms with Crippen molar-refractivity contribution in [3.8, 4) is 5.75 Å². The number of aromatic hydroxyl groups is 1. The lowest BCUT2D eigenvalue weighted by Crippen LogP contribution is -2.61. The number of phenolic OH excluding ortho intramolecular Hbond substituents is 1. The van der Waals surface area contributed by atoms with Crippen molar-refractivity contribution in [3.05, 3.63) is 90.5 Å². The lowest BCUT2D eigenvalue weighted by molar-refractivity contribution is -0.0591.